The van der Waals surface area contributed by atoms with Crippen LogP contribution in [-0.4, -0.2) is 4.98 Å². The molecule has 4 heteroatoms. The third-order valence-corrected chi connectivity index (χ3v) is 5.15. The molecule has 4 rings (SSSR count). The van der Waals surface area contributed by atoms with Crippen LogP contribution < -0.4 is 10.4 Å². The number of hydrogen-bond acceptors (Lipinski definition) is 4. The van der Waals surface area contributed by atoms with Crippen LogP contribution in [0.3, 0.4) is 0 Å². The second kappa shape index (κ2) is 7.32. The molecule has 1 heterocycles. The number of fused-ring (bicyclic) bond motifs is 1. The summed E-state index contributed by atoms with van der Waals surface area (Å²) in [7, 11) is 0. The quantitative estimate of drug-likeness (QED) is 0.656. The van der Waals surface area contributed by atoms with Crippen molar-refractivity contribution in [3.05, 3.63) is 69.9 Å². The number of ether oxygens (including phenoxy) is 1. The van der Waals surface area contributed by atoms with Gasteiger partial charge < -0.3 is 9.15 Å². The molecule has 2 aromatic carbocycles. The van der Waals surface area contributed by atoms with E-state index < -0.39 is 0 Å². The molecule has 0 atom stereocenters. The van der Waals surface area contributed by atoms with Crippen molar-refractivity contribution < 1.29 is 9.15 Å². The Hall–Kier alpha value is -2.62. The summed E-state index contributed by atoms with van der Waals surface area (Å²) in [4.78, 5) is 16.5. The standard InChI is InChI=1S/C22H23NO3/c1-15-7-12-20-19(13-15)22(24)26-21(23-20)14-25-18-10-8-17(9-11-18)16-5-3-2-4-6-16/h7-13,16H,2-6,14H2,1H3. The minimum atomic E-state index is -0.370. The van der Waals surface area contributed by atoms with Crippen molar-refractivity contribution in [2.45, 2.75) is 51.6 Å². The molecule has 1 saturated carbocycles. The van der Waals surface area contributed by atoms with Gasteiger partial charge in [-0.15, -0.1) is 0 Å². The lowest BCUT2D eigenvalue weighted by atomic mass is 9.84. The van der Waals surface area contributed by atoms with Gasteiger partial charge in [0, 0.05) is 0 Å². The lowest BCUT2D eigenvalue weighted by molar-refractivity contribution is 0.253. The molecule has 1 aliphatic carbocycles. The first-order valence-corrected chi connectivity index (χ1v) is 9.32. The fraction of sp³-hybridized carbons (Fsp3) is 0.364. The Morgan fingerprint density at radius 2 is 1.85 bits per heavy atom. The van der Waals surface area contributed by atoms with Gasteiger partial charge in [0.15, 0.2) is 6.61 Å². The molecule has 4 nitrogen and oxygen atoms in total. The van der Waals surface area contributed by atoms with Crippen LogP contribution >= 0.6 is 0 Å². The van der Waals surface area contributed by atoms with Gasteiger partial charge >= 0.3 is 5.63 Å². The van der Waals surface area contributed by atoms with E-state index in [2.05, 4.69) is 17.1 Å². The fourth-order valence-corrected chi connectivity index (χ4v) is 3.71. The first-order valence-electron chi connectivity index (χ1n) is 9.32. The average Bonchev–Trinajstić information content (AvgIpc) is 2.68. The number of aromatic nitrogens is 1. The molecule has 1 fully saturated rings. The van der Waals surface area contributed by atoms with E-state index in [0.29, 0.717) is 22.7 Å². The topological polar surface area (TPSA) is 52.3 Å². The van der Waals surface area contributed by atoms with Crippen molar-refractivity contribution in [3.63, 3.8) is 0 Å². The van der Waals surface area contributed by atoms with Crippen LogP contribution in [0.15, 0.2) is 51.7 Å². The zero-order chi connectivity index (χ0) is 17.9. The Bertz CT molecular complexity index is 953. The molecule has 3 aromatic rings. The number of aryl methyl sites for hydroxylation is 1. The summed E-state index contributed by atoms with van der Waals surface area (Å²) in [6.07, 6.45) is 6.59. The normalized spacial score (nSPS) is 15.3. The summed E-state index contributed by atoms with van der Waals surface area (Å²) in [5, 5.41) is 0.505. The zero-order valence-corrected chi connectivity index (χ0v) is 15.0. The van der Waals surface area contributed by atoms with Gasteiger partial charge in [-0.2, -0.15) is 0 Å². The maximum atomic E-state index is 12.1. The van der Waals surface area contributed by atoms with Crippen molar-refractivity contribution in [1.29, 1.82) is 0 Å². The molecule has 0 spiro atoms. The van der Waals surface area contributed by atoms with Gasteiger partial charge in [-0.25, -0.2) is 9.78 Å². The minimum absolute atomic E-state index is 0.141. The van der Waals surface area contributed by atoms with E-state index in [1.165, 1.54) is 37.7 Å². The molecule has 0 saturated heterocycles. The third kappa shape index (κ3) is 3.64. The summed E-state index contributed by atoms with van der Waals surface area (Å²) >= 11 is 0. The van der Waals surface area contributed by atoms with Crippen LogP contribution in [0.1, 0.15) is 55.0 Å². The maximum Gasteiger partial charge on any atom is 0.346 e. The first-order chi connectivity index (χ1) is 12.7. The van der Waals surface area contributed by atoms with Crippen molar-refractivity contribution >= 4 is 10.9 Å². The second-order valence-electron chi connectivity index (χ2n) is 7.11. The molecule has 1 aromatic heterocycles. The lowest BCUT2D eigenvalue weighted by Crippen LogP contribution is -2.08. The van der Waals surface area contributed by atoms with Crippen LogP contribution in [0, 0.1) is 6.92 Å². The minimum Gasteiger partial charge on any atom is -0.484 e. The molecule has 1 aliphatic rings. The predicted molar refractivity (Wildman–Crippen MR) is 102 cm³/mol. The predicted octanol–water partition coefficient (Wildman–Crippen LogP) is 5.12. The Balaban J connectivity index is 1.46. The molecule has 0 bridgehead atoms. The van der Waals surface area contributed by atoms with Crippen LogP contribution in [0.2, 0.25) is 0 Å². The van der Waals surface area contributed by atoms with Gasteiger partial charge in [0.25, 0.3) is 0 Å². The van der Waals surface area contributed by atoms with Gasteiger partial charge in [-0.3, -0.25) is 0 Å². The molecule has 0 radical (unpaired) electrons. The Labute approximate surface area is 152 Å². The summed E-state index contributed by atoms with van der Waals surface area (Å²) in [5.41, 5.74) is 2.67. The van der Waals surface area contributed by atoms with Gasteiger partial charge in [-0.1, -0.05) is 43.0 Å². The Kier molecular flexibility index (Phi) is 4.74. The van der Waals surface area contributed by atoms with Crippen molar-refractivity contribution in [1.82, 2.24) is 4.98 Å². The van der Waals surface area contributed by atoms with Crippen molar-refractivity contribution in [2.75, 3.05) is 0 Å². The van der Waals surface area contributed by atoms with Crippen LogP contribution in [-0.2, 0) is 6.61 Å². The SMILES string of the molecule is Cc1ccc2nc(COc3ccc(C4CCCCC4)cc3)oc(=O)c2c1. The second-order valence-corrected chi connectivity index (χ2v) is 7.11. The van der Waals surface area contributed by atoms with E-state index in [1.54, 1.807) is 6.07 Å². The van der Waals surface area contributed by atoms with Gasteiger partial charge in [0.05, 0.1) is 10.9 Å². The van der Waals surface area contributed by atoms with Gasteiger partial charge in [0.2, 0.25) is 5.89 Å². The number of hydrogen-bond donors (Lipinski definition) is 0. The van der Waals surface area contributed by atoms with Crippen LogP contribution in [0.4, 0.5) is 0 Å². The van der Waals surface area contributed by atoms with E-state index in [-0.39, 0.29) is 12.2 Å². The highest BCUT2D eigenvalue weighted by Crippen LogP contribution is 2.33. The highest BCUT2D eigenvalue weighted by atomic mass is 16.5. The molecule has 0 unspecified atom stereocenters. The Morgan fingerprint density at radius 3 is 2.62 bits per heavy atom. The number of benzene rings is 2. The highest BCUT2D eigenvalue weighted by molar-refractivity contribution is 5.77. The zero-order valence-electron chi connectivity index (χ0n) is 15.0. The summed E-state index contributed by atoms with van der Waals surface area (Å²) in [6.45, 7) is 2.08. The van der Waals surface area contributed by atoms with E-state index in [0.717, 1.165) is 11.3 Å². The lowest BCUT2D eigenvalue weighted by Gasteiger charge is -2.22. The van der Waals surface area contributed by atoms with Crippen LogP contribution in [0.25, 0.3) is 10.9 Å². The van der Waals surface area contributed by atoms with Crippen molar-refractivity contribution in [2.24, 2.45) is 0 Å². The fourth-order valence-electron chi connectivity index (χ4n) is 3.71. The van der Waals surface area contributed by atoms with E-state index >= 15 is 0 Å². The smallest absolute Gasteiger partial charge is 0.346 e. The molecule has 0 amide bonds. The summed E-state index contributed by atoms with van der Waals surface area (Å²) in [6, 6.07) is 13.9. The third-order valence-electron chi connectivity index (χ3n) is 5.15. The van der Waals surface area contributed by atoms with E-state index in [4.69, 9.17) is 9.15 Å². The molecule has 0 aliphatic heterocycles. The summed E-state index contributed by atoms with van der Waals surface area (Å²) in [5.74, 6) is 1.74. The number of nitrogens with zero attached hydrogens (tertiary/aromatic N) is 1. The van der Waals surface area contributed by atoms with E-state index in [1.807, 2.05) is 31.2 Å². The van der Waals surface area contributed by atoms with Gasteiger partial charge in [-0.05, 0) is 55.5 Å². The summed E-state index contributed by atoms with van der Waals surface area (Å²) < 4.78 is 11.1. The van der Waals surface area contributed by atoms with Crippen LogP contribution in [0.5, 0.6) is 5.75 Å². The molecular formula is C22H23NO3. The molecule has 26 heavy (non-hydrogen) atoms. The first kappa shape index (κ1) is 16.8. The average molecular weight is 349 g/mol. The van der Waals surface area contributed by atoms with Gasteiger partial charge in [0.1, 0.15) is 5.75 Å². The number of rotatable bonds is 4. The largest absolute Gasteiger partial charge is 0.484 e. The molecular weight excluding hydrogens is 326 g/mol. The monoisotopic (exact) mass is 349 g/mol. The van der Waals surface area contributed by atoms with E-state index in [9.17, 15) is 4.79 Å². The Morgan fingerprint density at radius 1 is 1.08 bits per heavy atom. The van der Waals surface area contributed by atoms with Crippen molar-refractivity contribution in [3.8, 4) is 5.75 Å². The molecule has 0 N–H and O–H groups in total. The molecule has 134 valence electrons. The highest BCUT2D eigenvalue weighted by Gasteiger charge is 2.15. The maximum absolute atomic E-state index is 12.1.